The summed E-state index contributed by atoms with van der Waals surface area (Å²) in [6.07, 6.45) is 5.64. The number of anilines is 1. The molecule has 0 unspecified atom stereocenters. The Morgan fingerprint density at radius 1 is 1.00 bits per heavy atom. The fraction of sp³-hybridized carbons (Fsp3) is 0.444. The van der Waals surface area contributed by atoms with Crippen LogP contribution in [0.5, 0.6) is 0 Å². The van der Waals surface area contributed by atoms with Crippen molar-refractivity contribution in [2.24, 2.45) is 35.5 Å². The zero-order valence-corrected chi connectivity index (χ0v) is 11.9. The Hall–Kier alpha value is -1.90. The SMILES string of the molecule is Cc1cccc(N2C(=O)[C@@H]3[C@@H]4C=C[C@H]([C@H]5C[C@H]45)[C@@H]3C2=O)c1. The third kappa shape index (κ3) is 1.34. The van der Waals surface area contributed by atoms with E-state index in [4.69, 9.17) is 0 Å². The Kier molecular flexibility index (Phi) is 2.04. The highest BCUT2D eigenvalue weighted by Gasteiger charge is 2.67. The van der Waals surface area contributed by atoms with Gasteiger partial charge in [-0.15, -0.1) is 0 Å². The summed E-state index contributed by atoms with van der Waals surface area (Å²) in [6, 6.07) is 7.71. The number of nitrogens with zero attached hydrogens (tertiary/aromatic N) is 1. The zero-order chi connectivity index (χ0) is 14.3. The van der Waals surface area contributed by atoms with Crippen molar-refractivity contribution >= 4 is 17.5 Å². The maximum absolute atomic E-state index is 12.9. The van der Waals surface area contributed by atoms with Crippen molar-refractivity contribution in [3.8, 4) is 0 Å². The maximum atomic E-state index is 12.9. The number of aryl methyl sites for hydroxylation is 1. The van der Waals surface area contributed by atoms with Gasteiger partial charge in [-0.2, -0.15) is 0 Å². The summed E-state index contributed by atoms with van der Waals surface area (Å²) in [7, 11) is 0. The lowest BCUT2D eigenvalue weighted by atomic mass is 9.63. The summed E-state index contributed by atoms with van der Waals surface area (Å²) in [5, 5.41) is 0. The lowest BCUT2D eigenvalue weighted by Crippen LogP contribution is -2.40. The largest absolute Gasteiger partial charge is 0.274 e. The van der Waals surface area contributed by atoms with Crippen LogP contribution in [0.4, 0.5) is 5.69 Å². The predicted octanol–water partition coefficient (Wildman–Crippen LogP) is 2.55. The molecule has 0 radical (unpaired) electrons. The Morgan fingerprint density at radius 2 is 1.62 bits per heavy atom. The molecule has 4 aliphatic carbocycles. The summed E-state index contributed by atoms with van der Waals surface area (Å²) >= 11 is 0. The second-order valence-electron chi connectivity index (χ2n) is 7.01. The molecule has 2 bridgehead atoms. The maximum Gasteiger partial charge on any atom is 0.238 e. The fourth-order valence-electron chi connectivity index (χ4n) is 4.98. The number of allylic oxidation sites excluding steroid dienone is 2. The molecule has 0 aromatic heterocycles. The molecule has 3 heteroatoms. The van der Waals surface area contributed by atoms with E-state index in [0.717, 1.165) is 11.3 Å². The van der Waals surface area contributed by atoms with E-state index in [2.05, 4.69) is 12.2 Å². The van der Waals surface area contributed by atoms with Crippen LogP contribution in [0.1, 0.15) is 12.0 Å². The van der Waals surface area contributed by atoms with E-state index in [1.54, 1.807) is 0 Å². The summed E-state index contributed by atoms with van der Waals surface area (Å²) in [5.74, 6) is 1.78. The summed E-state index contributed by atoms with van der Waals surface area (Å²) in [5.41, 5.74) is 1.82. The molecule has 1 saturated heterocycles. The van der Waals surface area contributed by atoms with Crippen LogP contribution in [-0.2, 0) is 9.59 Å². The van der Waals surface area contributed by atoms with Crippen LogP contribution in [0, 0.1) is 42.4 Å². The second kappa shape index (κ2) is 3.65. The summed E-state index contributed by atoms with van der Waals surface area (Å²) < 4.78 is 0. The quantitative estimate of drug-likeness (QED) is 0.585. The minimum absolute atomic E-state index is 0.0281. The number of benzene rings is 1. The molecule has 5 aliphatic rings. The number of hydrogen-bond acceptors (Lipinski definition) is 2. The van der Waals surface area contributed by atoms with Crippen LogP contribution >= 0.6 is 0 Å². The van der Waals surface area contributed by atoms with E-state index in [1.165, 1.54) is 11.3 Å². The monoisotopic (exact) mass is 279 g/mol. The number of amides is 2. The highest BCUT2D eigenvalue weighted by Crippen LogP contribution is 2.65. The smallest absolute Gasteiger partial charge is 0.238 e. The van der Waals surface area contributed by atoms with Gasteiger partial charge in [0.05, 0.1) is 17.5 Å². The van der Waals surface area contributed by atoms with Gasteiger partial charge in [-0.25, -0.2) is 0 Å². The molecule has 106 valence electrons. The first kappa shape index (κ1) is 11.7. The van der Waals surface area contributed by atoms with Crippen molar-refractivity contribution in [2.75, 3.05) is 4.90 Å². The highest BCUT2D eigenvalue weighted by molar-refractivity contribution is 6.22. The molecule has 1 aliphatic heterocycles. The number of rotatable bonds is 1. The summed E-state index contributed by atoms with van der Waals surface area (Å²) in [6.45, 7) is 1.99. The average molecular weight is 279 g/mol. The van der Waals surface area contributed by atoms with Crippen molar-refractivity contribution < 1.29 is 9.59 Å². The van der Waals surface area contributed by atoms with Gasteiger partial charge < -0.3 is 0 Å². The number of imide groups is 1. The van der Waals surface area contributed by atoms with Crippen LogP contribution in [-0.4, -0.2) is 11.8 Å². The normalized spacial score (nSPS) is 42.2. The molecule has 3 fully saturated rings. The standard InChI is InChI=1S/C18H17NO2/c1-9-3-2-4-10(7-9)19-17(20)15-11-5-6-12(14-8-13(11)14)16(15)18(19)21/h2-7,11-16H,8H2,1H3/t11-,12-,13-,14-,15-,16+/m1/s1. The number of hydrogen-bond donors (Lipinski definition) is 0. The van der Waals surface area contributed by atoms with Crippen LogP contribution in [0.2, 0.25) is 0 Å². The van der Waals surface area contributed by atoms with Crippen LogP contribution in [0.25, 0.3) is 0 Å². The highest BCUT2D eigenvalue weighted by atomic mass is 16.2. The molecule has 1 aromatic rings. The van der Waals surface area contributed by atoms with Crippen molar-refractivity contribution in [1.29, 1.82) is 0 Å². The molecule has 6 rings (SSSR count). The van der Waals surface area contributed by atoms with E-state index in [-0.39, 0.29) is 23.7 Å². The Morgan fingerprint density at radius 3 is 2.19 bits per heavy atom. The molecular weight excluding hydrogens is 262 g/mol. The van der Waals surface area contributed by atoms with E-state index in [1.807, 2.05) is 31.2 Å². The van der Waals surface area contributed by atoms with Crippen molar-refractivity contribution in [3.05, 3.63) is 42.0 Å². The molecule has 1 heterocycles. The van der Waals surface area contributed by atoms with E-state index >= 15 is 0 Å². The van der Waals surface area contributed by atoms with Gasteiger partial charge in [0.2, 0.25) is 11.8 Å². The first-order valence-electron chi connectivity index (χ1n) is 7.79. The minimum atomic E-state index is -0.100. The second-order valence-corrected chi connectivity index (χ2v) is 7.01. The molecule has 2 amide bonds. The van der Waals surface area contributed by atoms with Crippen LogP contribution < -0.4 is 4.90 Å². The van der Waals surface area contributed by atoms with Gasteiger partial charge in [0.1, 0.15) is 0 Å². The molecule has 21 heavy (non-hydrogen) atoms. The first-order valence-corrected chi connectivity index (χ1v) is 7.79. The van der Waals surface area contributed by atoms with E-state index in [9.17, 15) is 9.59 Å². The first-order chi connectivity index (χ1) is 10.2. The Balaban J connectivity index is 1.60. The Labute approximate surface area is 123 Å². The molecule has 2 saturated carbocycles. The van der Waals surface area contributed by atoms with Gasteiger partial charge in [0.25, 0.3) is 0 Å². The van der Waals surface area contributed by atoms with Gasteiger partial charge in [-0.05, 0) is 54.7 Å². The molecule has 6 atom stereocenters. The van der Waals surface area contributed by atoms with Crippen molar-refractivity contribution in [3.63, 3.8) is 0 Å². The Bertz CT molecular complexity index is 671. The lowest BCUT2D eigenvalue weighted by Gasteiger charge is -2.37. The van der Waals surface area contributed by atoms with Crippen LogP contribution in [0.3, 0.4) is 0 Å². The van der Waals surface area contributed by atoms with Gasteiger partial charge in [-0.3, -0.25) is 14.5 Å². The predicted molar refractivity (Wildman–Crippen MR) is 78.4 cm³/mol. The summed E-state index contributed by atoms with van der Waals surface area (Å²) in [4.78, 5) is 27.2. The van der Waals surface area contributed by atoms with E-state index < -0.39 is 0 Å². The molecule has 3 nitrogen and oxygen atoms in total. The van der Waals surface area contributed by atoms with Gasteiger partial charge in [0, 0.05) is 0 Å². The van der Waals surface area contributed by atoms with Crippen molar-refractivity contribution in [1.82, 2.24) is 0 Å². The minimum Gasteiger partial charge on any atom is -0.274 e. The average Bonchev–Trinajstić information content (AvgIpc) is 3.24. The molecule has 0 spiro atoms. The lowest BCUT2D eigenvalue weighted by molar-refractivity contribution is -0.124. The number of carbonyl (C=O) groups is 2. The van der Waals surface area contributed by atoms with Crippen molar-refractivity contribution in [2.45, 2.75) is 13.3 Å². The van der Waals surface area contributed by atoms with Gasteiger partial charge in [-0.1, -0.05) is 24.3 Å². The molecular formula is C18H17NO2. The molecule has 0 N–H and O–H groups in total. The topological polar surface area (TPSA) is 37.4 Å². The fourth-order valence-corrected chi connectivity index (χ4v) is 4.98. The van der Waals surface area contributed by atoms with Gasteiger partial charge in [0.15, 0.2) is 0 Å². The third-order valence-corrected chi connectivity index (χ3v) is 5.92. The molecule has 1 aromatic carbocycles. The van der Waals surface area contributed by atoms with Crippen LogP contribution in [0.15, 0.2) is 36.4 Å². The van der Waals surface area contributed by atoms with Gasteiger partial charge >= 0.3 is 0 Å². The van der Waals surface area contributed by atoms with E-state index in [0.29, 0.717) is 23.7 Å². The zero-order valence-electron chi connectivity index (χ0n) is 11.9. The number of carbonyl (C=O) groups excluding carboxylic acids is 2. The third-order valence-electron chi connectivity index (χ3n) is 5.92.